The summed E-state index contributed by atoms with van der Waals surface area (Å²) in [5.41, 5.74) is 1.10. The van der Waals surface area contributed by atoms with Crippen molar-refractivity contribution >= 4 is 27.5 Å². The van der Waals surface area contributed by atoms with E-state index in [1.54, 1.807) is 37.3 Å². The third-order valence-electron chi connectivity index (χ3n) is 6.79. The normalized spacial score (nSPS) is 14.6. The largest absolute Gasteiger partial charge is 0.352 e. The maximum atomic E-state index is 13.8. The molecule has 1 aliphatic rings. The smallest absolute Gasteiger partial charge is 0.264 e. The van der Waals surface area contributed by atoms with E-state index in [1.165, 1.54) is 17.0 Å². The summed E-state index contributed by atoms with van der Waals surface area (Å²) in [7, 11) is -4.22. The Balaban J connectivity index is 1.65. The van der Waals surface area contributed by atoms with Crippen LogP contribution in [0, 0.1) is 5.82 Å². The van der Waals surface area contributed by atoms with Gasteiger partial charge in [-0.05, 0) is 61.7 Å². The Morgan fingerprint density at radius 3 is 2.11 bits per heavy atom. The molecule has 1 atom stereocenters. The van der Waals surface area contributed by atoms with Gasteiger partial charge in [-0.25, -0.2) is 12.8 Å². The van der Waals surface area contributed by atoms with Gasteiger partial charge in [0, 0.05) is 12.6 Å². The summed E-state index contributed by atoms with van der Waals surface area (Å²) < 4.78 is 41.8. The van der Waals surface area contributed by atoms with E-state index in [2.05, 4.69) is 5.32 Å². The Bertz CT molecular complexity index is 1330. The second-order valence-corrected chi connectivity index (χ2v) is 11.3. The third kappa shape index (κ3) is 6.58. The summed E-state index contributed by atoms with van der Waals surface area (Å²) in [6, 6.07) is 21.2. The fourth-order valence-electron chi connectivity index (χ4n) is 4.61. The van der Waals surface area contributed by atoms with E-state index in [0.29, 0.717) is 0 Å². The van der Waals surface area contributed by atoms with Gasteiger partial charge in [0.25, 0.3) is 10.0 Å². The van der Waals surface area contributed by atoms with Gasteiger partial charge in [0.05, 0.1) is 10.6 Å². The van der Waals surface area contributed by atoms with Gasteiger partial charge in [-0.1, -0.05) is 61.4 Å². The predicted octanol–water partition coefficient (Wildman–Crippen LogP) is 4.50. The van der Waals surface area contributed by atoms with E-state index in [0.717, 1.165) is 47.7 Å². The highest BCUT2D eigenvalue weighted by Crippen LogP contribution is 2.25. The summed E-state index contributed by atoms with van der Waals surface area (Å²) in [5.74, 6) is -1.37. The number of anilines is 1. The summed E-state index contributed by atoms with van der Waals surface area (Å²) in [6.07, 6.45) is 3.92. The Morgan fingerprint density at radius 1 is 0.921 bits per heavy atom. The van der Waals surface area contributed by atoms with Gasteiger partial charge in [0.15, 0.2) is 0 Å². The topological polar surface area (TPSA) is 86.8 Å². The van der Waals surface area contributed by atoms with E-state index in [9.17, 15) is 22.4 Å². The number of carbonyl (C=O) groups is 2. The number of para-hydroxylation sites is 1. The standard InChI is InChI=1S/C29H32FN3O4S/c1-22(29(35)31-25-12-8-9-13-25)32(20-23-10-4-2-5-11-23)28(34)21-33(26-14-6-3-7-15-26)38(36,37)27-18-16-24(30)17-19-27/h2-7,10-11,14-19,22,25H,8-9,12-13,20-21H2,1H3,(H,31,35). The third-order valence-corrected chi connectivity index (χ3v) is 8.58. The average Bonchev–Trinajstić information content (AvgIpc) is 3.44. The maximum absolute atomic E-state index is 13.8. The van der Waals surface area contributed by atoms with E-state index in [-0.39, 0.29) is 29.1 Å². The molecule has 1 N–H and O–H groups in total. The molecule has 9 heteroatoms. The molecule has 1 aliphatic carbocycles. The maximum Gasteiger partial charge on any atom is 0.264 e. The van der Waals surface area contributed by atoms with Crippen LogP contribution in [0.1, 0.15) is 38.2 Å². The molecule has 0 radical (unpaired) electrons. The molecule has 0 aliphatic heterocycles. The lowest BCUT2D eigenvalue weighted by Gasteiger charge is -2.32. The summed E-state index contributed by atoms with van der Waals surface area (Å²) in [4.78, 5) is 28.3. The van der Waals surface area contributed by atoms with Crippen LogP contribution in [0.15, 0.2) is 89.8 Å². The van der Waals surface area contributed by atoms with Crippen LogP contribution in [0.2, 0.25) is 0 Å². The predicted molar refractivity (Wildman–Crippen MR) is 144 cm³/mol. The highest BCUT2D eigenvalue weighted by Gasteiger charge is 2.33. The molecular weight excluding hydrogens is 505 g/mol. The zero-order valence-electron chi connectivity index (χ0n) is 21.3. The lowest BCUT2D eigenvalue weighted by Crippen LogP contribution is -2.52. The van der Waals surface area contributed by atoms with Crippen molar-refractivity contribution in [2.75, 3.05) is 10.8 Å². The van der Waals surface area contributed by atoms with Gasteiger partial charge in [-0.2, -0.15) is 0 Å². The molecular formula is C29H32FN3O4S. The molecule has 38 heavy (non-hydrogen) atoms. The van der Waals surface area contributed by atoms with Crippen LogP contribution >= 0.6 is 0 Å². The van der Waals surface area contributed by atoms with Crippen molar-refractivity contribution in [1.82, 2.24) is 10.2 Å². The molecule has 3 aromatic carbocycles. The zero-order chi connectivity index (χ0) is 27.1. The molecule has 1 saturated carbocycles. The number of rotatable bonds is 10. The summed E-state index contributed by atoms with van der Waals surface area (Å²) in [5, 5.41) is 3.05. The van der Waals surface area contributed by atoms with Gasteiger partial charge in [-0.3, -0.25) is 13.9 Å². The number of sulfonamides is 1. The molecule has 1 unspecified atom stereocenters. The van der Waals surface area contributed by atoms with Crippen molar-refractivity contribution in [3.05, 3.63) is 96.3 Å². The molecule has 1 fully saturated rings. The van der Waals surface area contributed by atoms with Crippen LogP contribution in [-0.2, 0) is 26.2 Å². The Hall–Kier alpha value is -3.72. The van der Waals surface area contributed by atoms with Gasteiger partial charge in [0.1, 0.15) is 18.4 Å². The first-order chi connectivity index (χ1) is 18.3. The SMILES string of the molecule is CC(C(=O)NC1CCCC1)N(Cc1ccccc1)C(=O)CN(c1ccccc1)S(=O)(=O)c1ccc(F)cc1. The Labute approximate surface area is 223 Å². The fraction of sp³-hybridized carbons (Fsp3) is 0.310. The van der Waals surface area contributed by atoms with Crippen LogP contribution in [0.25, 0.3) is 0 Å². The number of hydrogen-bond donors (Lipinski definition) is 1. The summed E-state index contributed by atoms with van der Waals surface area (Å²) >= 11 is 0. The van der Waals surface area contributed by atoms with Crippen LogP contribution in [0.5, 0.6) is 0 Å². The van der Waals surface area contributed by atoms with Crippen molar-refractivity contribution in [2.24, 2.45) is 0 Å². The Kier molecular flexibility index (Phi) is 8.78. The van der Waals surface area contributed by atoms with E-state index >= 15 is 0 Å². The number of amides is 2. The average molecular weight is 538 g/mol. The molecule has 2 amide bonds. The number of halogens is 1. The molecule has 0 spiro atoms. The first kappa shape index (κ1) is 27.3. The number of nitrogens with zero attached hydrogens (tertiary/aromatic N) is 2. The number of nitrogens with one attached hydrogen (secondary N) is 1. The highest BCUT2D eigenvalue weighted by atomic mass is 32.2. The molecule has 0 aromatic heterocycles. The minimum Gasteiger partial charge on any atom is -0.352 e. The van der Waals surface area contributed by atoms with Crippen molar-refractivity contribution in [3.63, 3.8) is 0 Å². The van der Waals surface area contributed by atoms with E-state index < -0.39 is 34.3 Å². The lowest BCUT2D eigenvalue weighted by molar-refractivity contribution is -0.139. The van der Waals surface area contributed by atoms with Crippen molar-refractivity contribution in [1.29, 1.82) is 0 Å². The molecule has 200 valence electrons. The first-order valence-electron chi connectivity index (χ1n) is 12.7. The van der Waals surface area contributed by atoms with Gasteiger partial charge < -0.3 is 10.2 Å². The molecule has 0 saturated heterocycles. The van der Waals surface area contributed by atoms with Crippen molar-refractivity contribution in [2.45, 2.75) is 56.1 Å². The molecule has 3 aromatic rings. The van der Waals surface area contributed by atoms with Crippen LogP contribution < -0.4 is 9.62 Å². The molecule has 4 rings (SSSR count). The zero-order valence-corrected chi connectivity index (χ0v) is 22.1. The first-order valence-corrected chi connectivity index (χ1v) is 14.2. The van der Waals surface area contributed by atoms with Crippen molar-refractivity contribution < 1.29 is 22.4 Å². The molecule has 0 heterocycles. The van der Waals surface area contributed by atoms with E-state index in [4.69, 9.17) is 0 Å². The number of carbonyl (C=O) groups excluding carboxylic acids is 2. The van der Waals surface area contributed by atoms with Crippen LogP contribution in [0.3, 0.4) is 0 Å². The van der Waals surface area contributed by atoms with Crippen LogP contribution in [-0.4, -0.2) is 43.8 Å². The fourth-order valence-corrected chi connectivity index (χ4v) is 6.03. The highest BCUT2D eigenvalue weighted by molar-refractivity contribution is 7.92. The van der Waals surface area contributed by atoms with Gasteiger partial charge in [0.2, 0.25) is 11.8 Å². The summed E-state index contributed by atoms with van der Waals surface area (Å²) in [6.45, 7) is 1.27. The molecule has 7 nitrogen and oxygen atoms in total. The Morgan fingerprint density at radius 2 is 1.50 bits per heavy atom. The van der Waals surface area contributed by atoms with Gasteiger partial charge in [-0.15, -0.1) is 0 Å². The second-order valence-electron chi connectivity index (χ2n) is 9.47. The van der Waals surface area contributed by atoms with E-state index in [1.807, 2.05) is 30.3 Å². The van der Waals surface area contributed by atoms with Crippen LogP contribution in [0.4, 0.5) is 10.1 Å². The minimum atomic E-state index is -4.22. The number of benzene rings is 3. The molecule has 0 bridgehead atoms. The minimum absolute atomic E-state index is 0.0818. The second kappa shape index (κ2) is 12.2. The van der Waals surface area contributed by atoms with Gasteiger partial charge >= 0.3 is 0 Å². The number of hydrogen-bond acceptors (Lipinski definition) is 4. The monoisotopic (exact) mass is 537 g/mol. The lowest BCUT2D eigenvalue weighted by atomic mass is 10.1. The quantitative estimate of drug-likeness (QED) is 0.413. The van der Waals surface area contributed by atoms with Crippen molar-refractivity contribution in [3.8, 4) is 0 Å².